The second-order valence-corrected chi connectivity index (χ2v) is 6.58. The standard InChI is InChI=1S/C9H9BrClNO4S/c1-5(9(13)14)17(15,16)12-8-3-2-6(10)4-7(8)11/h2-5,12H,1H3,(H,13,14). The first-order valence-corrected chi connectivity index (χ1v) is 7.15. The molecule has 2 N–H and O–H groups in total. The van der Waals surface area contributed by atoms with Crippen molar-refractivity contribution in [1.29, 1.82) is 0 Å². The maximum Gasteiger partial charge on any atom is 0.323 e. The van der Waals surface area contributed by atoms with Gasteiger partial charge in [-0.2, -0.15) is 0 Å². The van der Waals surface area contributed by atoms with Crippen molar-refractivity contribution >= 4 is 49.2 Å². The summed E-state index contributed by atoms with van der Waals surface area (Å²) in [7, 11) is -4.00. The number of rotatable bonds is 4. The van der Waals surface area contributed by atoms with Crippen LogP contribution in [0.5, 0.6) is 0 Å². The van der Waals surface area contributed by atoms with Crippen LogP contribution in [0.2, 0.25) is 5.02 Å². The maximum absolute atomic E-state index is 11.6. The largest absolute Gasteiger partial charge is 0.480 e. The predicted octanol–water partition coefficient (Wildman–Crippen LogP) is 2.32. The van der Waals surface area contributed by atoms with E-state index in [-0.39, 0.29) is 10.7 Å². The van der Waals surface area contributed by atoms with Gasteiger partial charge in [0.1, 0.15) is 0 Å². The Morgan fingerprint density at radius 3 is 2.59 bits per heavy atom. The summed E-state index contributed by atoms with van der Waals surface area (Å²) in [6.45, 7) is 1.08. The van der Waals surface area contributed by atoms with Crippen LogP contribution in [0.4, 0.5) is 5.69 Å². The van der Waals surface area contributed by atoms with Crippen LogP contribution in [-0.4, -0.2) is 24.7 Å². The smallest absolute Gasteiger partial charge is 0.323 e. The van der Waals surface area contributed by atoms with Crippen molar-refractivity contribution in [1.82, 2.24) is 0 Å². The highest BCUT2D eigenvalue weighted by Crippen LogP contribution is 2.26. The number of hydrogen-bond donors (Lipinski definition) is 2. The van der Waals surface area contributed by atoms with Gasteiger partial charge in [-0.25, -0.2) is 8.42 Å². The molecular weight excluding hydrogens is 334 g/mol. The lowest BCUT2D eigenvalue weighted by Crippen LogP contribution is -2.32. The monoisotopic (exact) mass is 341 g/mol. The maximum atomic E-state index is 11.6. The highest BCUT2D eigenvalue weighted by molar-refractivity contribution is 9.10. The summed E-state index contributed by atoms with van der Waals surface area (Å²) in [4.78, 5) is 10.6. The topological polar surface area (TPSA) is 83.5 Å². The van der Waals surface area contributed by atoms with E-state index in [1.807, 2.05) is 0 Å². The highest BCUT2D eigenvalue weighted by atomic mass is 79.9. The molecule has 0 radical (unpaired) electrons. The van der Waals surface area contributed by atoms with E-state index in [4.69, 9.17) is 16.7 Å². The van der Waals surface area contributed by atoms with Gasteiger partial charge >= 0.3 is 5.97 Å². The molecule has 0 heterocycles. The summed E-state index contributed by atoms with van der Waals surface area (Å²) in [5.74, 6) is -1.43. The average Bonchev–Trinajstić information content (AvgIpc) is 2.21. The Kier molecular flexibility index (Phi) is 4.40. The first-order chi connectivity index (χ1) is 7.74. The Balaban J connectivity index is 3.02. The predicted molar refractivity (Wildman–Crippen MR) is 68.8 cm³/mol. The van der Waals surface area contributed by atoms with Gasteiger partial charge in [-0.15, -0.1) is 0 Å². The lowest BCUT2D eigenvalue weighted by Gasteiger charge is -2.12. The summed E-state index contributed by atoms with van der Waals surface area (Å²) < 4.78 is 26.1. The van der Waals surface area contributed by atoms with Crippen molar-refractivity contribution < 1.29 is 18.3 Å². The molecule has 1 atom stereocenters. The van der Waals surface area contributed by atoms with Gasteiger partial charge in [-0.05, 0) is 25.1 Å². The number of halogens is 2. The van der Waals surface area contributed by atoms with E-state index in [1.54, 1.807) is 6.07 Å². The van der Waals surface area contributed by atoms with Gasteiger partial charge in [-0.1, -0.05) is 27.5 Å². The van der Waals surface area contributed by atoms with Gasteiger partial charge in [0.25, 0.3) is 0 Å². The fourth-order valence-corrected chi connectivity index (χ4v) is 2.65. The number of sulfonamides is 1. The van der Waals surface area contributed by atoms with Crippen molar-refractivity contribution in [3.8, 4) is 0 Å². The Morgan fingerprint density at radius 2 is 2.12 bits per heavy atom. The van der Waals surface area contributed by atoms with Gasteiger partial charge in [0, 0.05) is 4.47 Å². The average molecular weight is 343 g/mol. The highest BCUT2D eigenvalue weighted by Gasteiger charge is 2.28. The van der Waals surface area contributed by atoms with E-state index in [9.17, 15) is 13.2 Å². The van der Waals surface area contributed by atoms with E-state index in [0.717, 1.165) is 6.92 Å². The molecule has 0 aliphatic rings. The minimum Gasteiger partial charge on any atom is -0.480 e. The fraction of sp³-hybridized carbons (Fsp3) is 0.222. The molecule has 0 aliphatic heterocycles. The lowest BCUT2D eigenvalue weighted by molar-refractivity contribution is -0.136. The second-order valence-electron chi connectivity index (χ2n) is 3.25. The first-order valence-electron chi connectivity index (χ1n) is 4.43. The van der Waals surface area contributed by atoms with Crippen LogP contribution in [0.15, 0.2) is 22.7 Å². The third-order valence-electron chi connectivity index (χ3n) is 2.00. The summed E-state index contributed by atoms with van der Waals surface area (Å²) in [6, 6.07) is 4.54. The van der Waals surface area contributed by atoms with E-state index in [0.29, 0.717) is 4.47 Å². The number of carboxylic acids is 1. The zero-order valence-electron chi connectivity index (χ0n) is 8.65. The zero-order chi connectivity index (χ0) is 13.2. The quantitative estimate of drug-likeness (QED) is 0.879. The Bertz CT molecular complexity index is 546. The molecule has 0 bridgehead atoms. The molecule has 17 heavy (non-hydrogen) atoms. The number of nitrogens with one attached hydrogen (secondary N) is 1. The van der Waals surface area contributed by atoms with Gasteiger partial charge in [0.15, 0.2) is 5.25 Å². The van der Waals surface area contributed by atoms with Crippen molar-refractivity contribution in [2.45, 2.75) is 12.2 Å². The zero-order valence-corrected chi connectivity index (χ0v) is 11.8. The number of anilines is 1. The molecular formula is C9H9BrClNO4S. The molecule has 5 nitrogen and oxygen atoms in total. The summed E-state index contributed by atoms with van der Waals surface area (Å²) in [5, 5.41) is 7.28. The number of carboxylic acid groups (broad SMARTS) is 1. The Labute approximate surface area is 112 Å². The van der Waals surface area contributed by atoms with E-state index < -0.39 is 21.2 Å². The van der Waals surface area contributed by atoms with Crippen LogP contribution >= 0.6 is 27.5 Å². The third-order valence-corrected chi connectivity index (χ3v) is 4.44. The van der Waals surface area contributed by atoms with Crippen LogP contribution in [0, 0.1) is 0 Å². The molecule has 1 aromatic rings. The first kappa shape index (κ1) is 14.3. The Hall–Kier alpha value is -0.790. The molecule has 94 valence electrons. The van der Waals surface area contributed by atoms with E-state index in [2.05, 4.69) is 20.7 Å². The van der Waals surface area contributed by atoms with Gasteiger partial charge < -0.3 is 5.11 Å². The van der Waals surface area contributed by atoms with E-state index in [1.165, 1.54) is 12.1 Å². The Morgan fingerprint density at radius 1 is 1.53 bits per heavy atom. The molecule has 0 fully saturated rings. The van der Waals surface area contributed by atoms with Crippen LogP contribution in [0.1, 0.15) is 6.92 Å². The molecule has 8 heteroatoms. The molecule has 1 rings (SSSR count). The van der Waals surface area contributed by atoms with Gasteiger partial charge in [0.05, 0.1) is 10.7 Å². The molecule has 0 aromatic heterocycles. The SMILES string of the molecule is CC(C(=O)O)S(=O)(=O)Nc1ccc(Br)cc1Cl. The number of benzene rings is 1. The van der Waals surface area contributed by atoms with Gasteiger partial charge in [0.2, 0.25) is 10.0 Å². The minimum absolute atomic E-state index is 0.142. The molecule has 1 unspecified atom stereocenters. The van der Waals surface area contributed by atoms with Crippen LogP contribution in [0.25, 0.3) is 0 Å². The molecule has 0 amide bonds. The molecule has 0 saturated carbocycles. The molecule has 0 spiro atoms. The van der Waals surface area contributed by atoms with Crippen molar-refractivity contribution in [3.05, 3.63) is 27.7 Å². The third kappa shape index (κ3) is 3.58. The molecule has 1 aromatic carbocycles. The minimum atomic E-state index is -4.00. The second kappa shape index (κ2) is 5.24. The van der Waals surface area contributed by atoms with Gasteiger partial charge in [-0.3, -0.25) is 9.52 Å². The summed E-state index contributed by atoms with van der Waals surface area (Å²) >= 11 is 8.99. The van der Waals surface area contributed by atoms with Crippen LogP contribution in [0.3, 0.4) is 0 Å². The van der Waals surface area contributed by atoms with E-state index >= 15 is 0 Å². The number of carbonyl (C=O) groups is 1. The van der Waals surface area contributed by atoms with Crippen LogP contribution < -0.4 is 4.72 Å². The van der Waals surface area contributed by atoms with Crippen molar-refractivity contribution in [2.75, 3.05) is 4.72 Å². The van der Waals surface area contributed by atoms with Crippen LogP contribution in [-0.2, 0) is 14.8 Å². The van der Waals surface area contributed by atoms with Crippen molar-refractivity contribution in [3.63, 3.8) is 0 Å². The lowest BCUT2D eigenvalue weighted by atomic mass is 10.3. The van der Waals surface area contributed by atoms with Crippen molar-refractivity contribution in [2.24, 2.45) is 0 Å². The normalized spacial score (nSPS) is 13.1. The number of aliphatic carboxylic acids is 1. The summed E-state index contributed by atoms with van der Waals surface area (Å²) in [6.07, 6.45) is 0. The fourth-order valence-electron chi connectivity index (χ4n) is 0.947. The summed E-state index contributed by atoms with van der Waals surface area (Å²) in [5.41, 5.74) is 0.142. The molecule has 0 saturated heterocycles. The molecule has 0 aliphatic carbocycles. The number of hydrogen-bond acceptors (Lipinski definition) is 3.